The van der Waals surface area contributed by atoms with Crippen LogP contribution in [0.15, 0.2) is 30.3 Å². The van der Waals surface area contributed by atoms with Crippen LogP contribution in [0, 0.1) is 6.65 Å². The van der Waals surface area contributed by atoms with Crippen LogP contribution in [0.5, 0.6) is 0 Å². The molecule has 1 aromatic rings. The molecule has 0 aliphatic heterocycles. The maximum atomic E-state index is 7.50. The molecule has 0 radical (unpaired) electrons. The fourth-order valence-corrected chi connectivity index (χ4v) is 0.321. The van der Waals surface area contributed by atoms with Gasteiger partial charge in [-0.3, -0.25) is 0 Å². The Hall–Kier alpha value is 1.17. The summed E-state index contributed by atoms with van der Waals surface area (Å²) in [5, 5.41) is 0. The van der Waals surface area contributed by atoms with Gasteiger partial charge in [-0.1, -0.05) is 0 Å². The van der Waals surface area contributed by atoms with Gasteiger partial charge < -0.3 is 0 Å². The monoisotopic (exact) mass is 450 g/mol. The normalized spacial score (nSPS) is 6.40. The van der Waals surface area contributed by atoms with Crippen LogP contribution < -0.4 is 0 Å². The maximum absolute atomic E-state index is 7.50. The third kappa shape index (κ3) is 16.1. The Kier molecular flexibility index (Phi) is 22.9. The summed E-state index contributed by atoms with van der Waals surface area (Å²) in [7, 11) is 0.770. The van der Waals surface area contributed by atoms with Gasteiger partial charge in [0.25, 0.3) is 0 Å². The van der Waals surface area contributed by atoms with Crippen molar-refractivity contribution in [3.8, 4) is 0 Å². The summed E-state index contributed by atoms with van der Waals surface area (Å²) in [6.45, 7) is 4.50. The molecular formula is C6H5I2ORh-. The van der Waals surface area contributed by atoms with Crippen LogP contribution >= 0.6 is 39.5 Å². The van der Waals surface area contributed by atoms with E-state index in [9.17, 15) is 0 Å². The molecule has 0 bridgehead atoms. The summed E-state index contributed by atoms with van der Waals surface area (Å²) in [4.78, 5) is 0. The van der Waals surface area contributed by atoms with Gasteiger partial charge in [0, 0.05) is 0 Å². The quantitative estimate of drug-likeness (QED) is 0.251. The van der Waals surface area contributed by atoms with Gasteiger partial charge in [0.05, 0.1) is 0 Å². The van der Waals surface area contributed by atoms with Gasteiger partial charge in [-0.2, -0.15) is 18.2 Å². The van der Waals surface area contributed by atoms with Crippen LogP contribution in [0.4, 0.5) is 0 Å². The molecule has 0 fully saturated rings. The maximum Gasteiger partial charge on any atom is -0.172 e. The van der Waals surface area contributed by atoms with E-state index in [1.807, 2.05) is 30.3 Å². The first-order valence-corrected chi connectivity index (χ1v) is 11.9. The first-order valence-electron chi connectivity index (χ1n) is 2.12. The van der Waals surface area contributed by atoms with Crippen LogP contribution in [0.1, 0.15) is 0 Å². The third-order valence-corrected chi connectivity index (χ3v) is 0.556. The summed E-state index contributed by atoms with van der Waals surface area (Å²) in [6.07, 6.45) is 0. The number of rotatable bonds is 0. The Balaban J connectivity index is 0. The van der Waals surface area contributed by atoms with Crippen molar-refractivity contribution in [2.24, 2.45) is 0 Å². The van der Waals surface area contributed by atoms with Gasteiger partial charge in [0.2, 0.25) is 0 Å². The number of hydrogen-bond donors (Lipinski definition) is 0. The minimum Gasteiger partial charge on any atom is -0.214 e. The molecule has 0 spiro atoms. The van der Waals surface area contributed by atoms with Gasteiger partial charge in [-0.15, -0.1) is 0 Å². The van der Waals surface area contributed by atoms with Crippen molar-refractivity contribution >= 4 is 39.5 Å². The topological polar surface area (TPSA) is 19.9 Å². The van der Waals surface area contributed by atoms with E-state index in [4.69, 9.17) is 4.65 Å². The van der Waals surface area contributed by atoms with Crippen molar-refractivity contribution in [1.29, 1.82) is 0 Å². The molecule has 0 saturated heterocycles. The predicted molar refractivity (Wildman–Crippen MR) is 54.0 cm³/mol. The van der Waals surface area contributed by atoms with E-state index in [-0.39, 0.29) is 0 Å². The smallest absolute Gasteiger partial charge is 0.172 e. The Morgan fingerprint density at radius 1 is 1.20 bits per heavy atom. The molecule has 1 aromatic carbocycles. The molecule has 59 valence electrons. The van der Waals surface area contributed by atoms with Crippen molar-refractivity contribution < 1.29 is 14.8 Å². The minimum absolute atomic E-state index is 0.770. The molecule has 1 nitrogen and oxygen atoms in total. The van der Waals surface area contributed by atoms with E-state index < -0.39 is 0 Å². The standard InChI is InChI=1S/C5H5.CO.2HI.Rh/c1-2-4-5-3-1;1-2;;;/h1-5H;;2*1H;/q-1;;;;+2/p-2. The third-order valence-electron chi connectivity index (χ3n) is 0.556. The fraction of sp³-hybridized carbons (Fsp3) is 0. The zero-order chi connectivity index (χ0) is 8.24. The van der Waals surface area contributed by atoms with Crippen molar-refractivity contribution in [2.75, 3.05) is 0 Å². The van der Waals surface area contributed by atoms with Crippen LogP contribution in [-0.4, -0.2) is 0 Å². The first-order chi connectivity index (χ1) is 4.91. The molecule has 4 heteroatoms. The van der Waals surface area contributed by atoms with Gasteiger partial charge in [-0.05, 0) is 0 Å². The fourth-order valence-electron chi connectivity index (χ4n) is 0.321. The molecule has 0 amide bonds. The molecule has 0 saturated carbocycles. The largest absolute Gasteiger partial charge is 0.214 e. The molecule has 0 aliphatic rings. The van der Waals surface area contributed by atoms with E-state index in [0.29, 0.717) is 0 Å². The second-order valence-corrected chi connectivity index (χ2v) is 13.6. The van der Waals surface area contributed by atoms with Gasteiger partial charge in [0.1, 0.15) is 0 Å². The Morgan fingerprint density at radius 2 is 1.50 bits per heavy atom. The van der Waals surface area contributed by atoms with Crippen LogP contribution in [0.25, 0.3) is 0 Å². The average Bonchev–Trinajstić information content (AvgIpc) is 2.48. The van der Waals surface area contributed by atoms with E-state index >= 15 is 0 Å². The molecular weight excluding hydrogens is 445 g/mol. The average molecular weight is 450 g/mol. The zero-order valence-electron chi connectivity index (χ0n) is 4.88. The second-order valence-electron chi connectivity index (χ2n) is 1.01. The van der Waals surface area contributed by atoms with E-state index in [1.54, 1.807) is 0 Å². The molecule has 0 heterocycles. The molecule has 0 atom stereocenters. The second kappa shape index (κ2) is 16.6. The predicted octanol–water partition coefficient (Wildman–Crippen LogP) is 3.14. The first kappa shape index (κ1) is 13.7. The van der Waals surface area contributed by atoms with Crippen LogP contribution in [0.2, 0.25) is 0 Å². The van der Waals surface area contributed by atoms with Gasteiger partial charge in [0.15, 0.2) is 0 Å². The van der Waals surface area contributed by atoms with E-state index in [2.05, 4.69) is 46.2 Å². The Bertz CT molecular complexity index is 110. The molecule has 0 aromatic heterocycles. The van der Waals surface area contributed by atoms with Crippen molar-refractivity contribution in [2.45, 2.75) is 0 Å². The van der Waals surface area contributed by atoms with E-state index in [1.165, 1.54) is 0 Å². The van der Waals surface area contributed by atoms with Gasteiger partial charge >= 0.3 is 60.9 Å². The Morgan fingerprint density at radius 3 is 1.60 bits per heavy atom. The summed E-state index contributed by atoms with van der Waals surface area (Å²) < 4.78 is 7.50. The molecule has 1 rings (SSSR count). The van der Waals surface area contributed by atoms with Gasteiger partial charge in [-0.25, -0.2) is 12.1 Å². The van der Waals surface area contributed by atoms with Crippen molar-refractivity contribution in [3.05, 3.63) is 37.0 Å². The summed E-state index contributed by atoms with van der Waals surface area (Å²) in [5.41, 5.74) is 0. The zero-order valence-corrected chi connectivity index (χ0v) is 10.8. The van der Waals surface area contributed by atoms with E-state index in [0.717, 1.165) is 10.1 Å². The minimum atomic E-state index is 0.770. The SMILES string of the molecule is [C-]#[O+].[I][Rh][I].c1cc[cH-]c1. The van der Waals surface area contributed by atoms with Crippen LogP contribution in [-0.2, 0) is 14.8 Å². The summed E-state index contributed by atoms with van der Waals surface area (Å²) in [5.74, 6) is 0. The summed E-state index contributed by atoms with van der Waals surface area (Å²) in [6, 6.07) is 10.0. The molecule has 0 N–H and O–H groups in total. The molecule has 0 aliphatic carbocycles. The molecule has 10 heavy (non-hydrogen) atoms. The number of halogens is 2. The van der Waals surface area contributed by atoms with Crippen molar-refractivity contribution in [3.63, 3.8) is 0 Å². The van der Waals surface area contributed by atoms with Crippen LogP contribution in [0.3, 0.4) is 0 Å². The number of hydrogen-bond acceptors (Lipinski definition) is 0. The Labute approximate surface area is 90.0 Å². The van der Waals surface area contributed by atoms with Crippen molar-refractivity contribution in [1.82, 2.24) is 0 Å². The molecule has 0 unspecified atom stereocenters. The summed E-state index contributed by atoms with van der Waals surface area (Å²) >= 11 is 4.69.